The first-order valence-corrected chi connectivity index (χ1v) is 13.7. The van der Waals surface area contributed by atoms with Crippen LogP contribution >= 0.6 is 0 Å². The summed E-state index contributed by atoms with van der Waals surface area (Å²) >= 11 is 0. The number of ether oxygens (including phenoxy) is 1. The van der Waals surface area contributed by atoms with Gasteiger partial charge in [-0.3, -0.25) is 0 Å². The Bertz CT molecular complexity index is 1360. The molecule has 1 N–H and O–H groups in total. The van der Waals surface area contributed by atoms with Crippen molar-refractivity contribution in [2.75, 3.05) is 4.90 Å². The molecule has 2 aliphatic heterocycles. The minimum atomic E-state index is -0.359. The monoisotopic (exact) mass is 502 g/mol. The van der Waals surface area contributed by atoms with E-state index in [1.807, 2.05) is 30.3 Å². The van der Waals surface area contributed by atoms with Gasteiger partial charge in [0.2, 0.25) is 0 Å². The van der Waals surface area contributed by atoms with E-state index in [4.69, 9.17) is 4.74 Å². The molecule has 0 aliphatic carbocycles. The molecule has 6 rings (SSSR count). The number of anilines is 1. The van der Waals surface area contributed by atoms with Crippen LogP contribution < -0.4 is 10.2 Å². The van der Waals surface area contributed by atoms with Crippen molar-refractivity contribution < 1.29 is 9.53 Å². The fourth-order valence-corrected chi connectivity index (χ4v) is 6.23. The van der Waals surface area contributed by atoms with E-state index in [1.54, 1.807) is 0 Å². The van der Waals surface area contributed by atoms with Gasteiger partial charge in [0.15, 0.2) is 0 Å². The molecule has 192 valence electrons. The average molecular weight is 503 g/mol. The first-order chi connectivity index (χ1) is 18.8. The maximum atomic E-state index is 13.0. The van der Waals surface area contributed by atoms with Crippen LogP contribution in [0.2, 0.25) is 0 Å². The molecule has 0 spiro atoms. The molecule has 1 amide bonds. The Labute approximate surface area is 225 Å². The maximum Gasteiger partial charge on any atom is 0.407 e. The highest BCUT2D eigenvalue weighted by atomic mass is 16.5. The number of nitrogens with zero attached hydrogens (tertiary/aromatic N) is 1. The lowest BCUT2D eigenvalue weighted by molar-refractivity contribution is 0.134. The van der Waals surface area contributed by atoms with Crippen LogP contribution in [0.4, 0.5) is 10.5 Å². The third kappa shape index (κ3) is 5.17. The first-order valence-electron chi connectivity index (χ1n) is 13.7. The van der Waals surface area contributed by atoms with Crippen molar-refractivity contribution in [2.45, 2.75) is 56.8 Å². The van der Waals surface area contributed by atoms with Gasteiger partial charge in [0.25, 0.3) is 0 Å². The Morgan fingerprint density at radius 2 is 1.50 bits per heavy atom. The quantitative estimate of drug-likeness (QED) is 0.284. The molecule has 38 heavy (non-hydrogen) atoms. The smallest absolute Gasteiger partial charge is 0.407 e. The second kappa shape index (κ2) is 11.1. The fraction of sp³-hybridized carbons (Fsp3) is 0.265. The molecule has 4 nitrogen and oxygen atoms in total. The molecule has 0 saturated carbocycles. The van der Waals surface area contributed by atoms with Crippen LogP contribution in [0, 0.1) is 0 Å². The Morgan fingerprint density at radius 3 is 2.24 bits per heavy atom. The van der Waals surface area contributed by atoms with Gasteiger partial charge < -0.3 is 15.0 Å². The minimum Gasteiger partial charge on any atom is -0.445 e. The summed E-state index contributed by atoms with van der Waals surface area (Å²) in [6.07, 6.45) is 4.66. The lowest BCUT2D eigenvalue weighted by Crippen LogP contribution is -2.48. The number of hydrogen-bond acceptors (Lipinski definition) is 3. The van der Waals surface area contributed by atoms with Crippen molar-refractivity contribution in [3.63, 3.8) is 0 Å². The molecule has 4 aromatic rings. The molecule has 0 unspecified atom stereocenters. The second-order valence-corrected chi connectivity index (χ2v) is 10.4. The van der Waals surface area contributed by atoms with Crippen molar-refractivity contribution in [1.29, 1.82) is 0 Å². The minimum absolute atomic E-state index is 0.0835. The van der Waals surface area contributed by atoms with Crippen molar-refractivity contribution in [3.05, 3.63) is 137 Å². The molecular formula is C34H34N2O2. The first kappa shape index (κ1) is 24.3. The van der Waals surface area contributed by atoms with E-state index in [0.29, 0.717) is 12.1 Å². The molecule has 0 radical (unpaired) electrons. The number of hydrogen-bond donors (Lipinski definition) is 1. The summed E-state index contributed by atoms with van der Waals surface area (Å²) in [6.45, 7) is 0.270. The second-order valence-electron chi connectivity index (χ2n) is 10.4. The number of para-hydroxylation sites is 1. The summed E-state index contributed by atoms with van der Waals surface area (Å²) < 4.78 is 5.63. The molecule has 0 aromatic heterocycles. The van der Waals surface area contributed by atoms with Crippen LogP contribution in [0.15, 0.2) is 109 Å². The number of alkyl carbamates (subject to hydrolysis) is 1. The molecular weight excluding hydrogens is 468 g/mol. The van der Waals surface area contributed by atoms with Crippen molar-refractivity contribution in [2.24, 2.45) is 0 Å². The average Bonchev–Trinajstić information content (AvgIpc) is 2.98. The van der Waals surface area contributed by atoms with Gasteiger partial charge in [-0.15, -0.1) is 0 Å². The molecule has 4 heteroatoms. The number of rotatable bonds is 7. The number of nitrogens with one attached hydrogen (secondary N) is 1. The highest BCUT2D eigenvalue weighted by molar-refractivity contribution is 5.71. The standard InChI is InChI=1S/C34H34N2O2/c37-34(38-24-26-13-6-2-7-14-26)35-31-23-29(21-19-25-11-4-1-5-12-25)36-32(27-15-8-3-9-16-27)22-20-28-17-10-18-30(31)33(28)36/h1-18,29,31-32H,19-24H2,(H,35,37)/t29-,31+,32-/m1/s1. The predicted molar refractivity (Wildman–Crippen MR) is 152 cm³/mol. The van der Waals surface area contributed by atoms with Gasteiger partial charge in [0.05, 0.1) is 12.1 Å². The summed E-state index contributed by atoms with van der Waals surface area (Å²) in [5.41, 5.74) is 7.60. The summed E-state index contributed by atoms with van der Waals surface area (Å²) in [4.78, 5) is 15.6. The number of amides is 1. The third-order valence-electron chi connectivity index (χ3n) is 8.01. The lowest BCUT2D eigenvalue weighted by atomic mass is 9.80. The Hall–Kier alpha value is -4.05. The Kier molecular flexibility index (Phi) is 7.12. The van der Waals surface area contributed by atoms with Gasteiger partial charge in [-0.2, -0.15) is 0 Å². The van der Waals surface area contributed by atoms with Crippen LogP contribution in [0.5, 0.6) is 0 Å². The number of carbonyl (C=O) groups is 1. The van der Waals surface area contributed by atoms with E-state index in [-0.39, 0.29) is 18.7 Å². The van der Waals surface area contributed by atoms with Gasteiger partial charge in [0, 0.05) is 11.7 Å². The predicted octanol–water partition coefficient (Wildman–Crippen LogP) is 7.55. The number of carbonyl (C=O) groups excluding carboxylic acids is 1. The van der Waals surface area contributed by atoms with Crippen LogP contribution in [-0.2, 0) is 24.2 Å². The molecule has 3 atom stereocenters. The van der Waals surface area contributed by atoms with E-state index in [0.717, 1.165) is 37.7 Å². The van der Waals surface area contributed by atoms with Crippen LogP contribution in [0.3, 0.4) is 0 Å². The van der Waals surface area contributed by atoms with Crippen molar-refractivity contribution in [1.82, 2.24) is 5.32 Å². The summed E-state index contributed by atoms with van der Waals surface area (Å²) in [5, 5.41) is 3.24. The van der Waals surface area contributed by atoms with Gasteiger partial charge in [-0.05, 0) is 59.9 Å². The summed E-state index contributed by atoms with van der Waals surface area (Å²) in [7, 11) is 0. The lowest BCUT2D eigenvalue weighted by Gasteiger charge is -2.50. The molecule has 0 bridgehead atoms. The largest absolute Gasteiger partial charge is 0.445 e. The topological polar surface area (TPSA) is 41.6 Å². The fourth-order valence-electron chi connectivity index (χ4n) is 6.23. The van der Waals surface area contributed by atoms with E-state index in [2.05, 4.69) is 89.1 Å². The SMILES string of the molecule is O=C(N[C@H]1C[C@@H](CCc2ccccc2)N2c3c(cccc31)CC[C@@H]2c1ccccc1)OCc1ccccc1. The van der Waals surface area contributed by atoms with Crippen LogP contribution in [0.25, 0.3) is 0 Å². The summed E-state index contributed by atoms with van der Waals surface area (Å²) in [6, 6.07) is 38.6. The number of aryl methyl sites for hydroxylation is 2. The van der Waals surface area contributed by atoms with E-state index >= 15 is 0 Å². The molecule has 0 saturated heterocycles. The van der Waals surface area contributed by atoms with E-state index in [9.17, 15) is 4.79 Å². The Balaban J connectivity index is 1.30. The Morgan fingerprint density at radius 1 is 0.816 bits per heavy atom. The van der Waals surface area contributed by atoms with E-state index in [1.165, 1.54) is 27.9 Å². The zero-order chi connectivity index (χ0) is 25.7. The highest BCUT2D eigenvalue weighted by Gasteiger charge is 2.40. The number of benzene rings is 4. The van der Waals surface area contributed by atoms with Crippen molar-refractivity contribution >= 4 is 11.8 Å². The van der Waals surface area contributed by atoms with Crippen LogP contribution in [-0.4, -0.2) is 12.1 Å². The third-order valence-corrected chi connectivity index (χ3v) is 8.01. The van der Waals surface area contributed by atoms with Crippen LogP contribution in [0.1, 0.15) is 59.2 Å². The van der Waals surface area contributed by atoms with Gasteiger partial charge in [0.1, 0.15) is 6.61 Å². The van der Waals surface area contributed by atoms with E-state index < -0.39 is 0 Å². The highest BCUT2D eigenvalue weighted by Crippen LogP contribution is 2.49. The molecule has 2 heterocycles. The normalized spacial score (nSPS) is 19.9. The molecule has 2 aliphatic rings. The maximum absolute atomic E-state index is 13.0. The zero-order valence-corrected chi connectivity index (χ0v) is 21.6. The van der Waals surface area contributed by atoms with Crippen molar-refractivity contribution in [3.8, 4) is 0 Å². The summed E-state index contributed by atoms with van der Waals surface area (Å²) in [5.74, 6) is 0. The zero-order valence-electron chi connectivity index (χ0n) is 21.6. The molecule has 4 aromatic carbocycles. The molecule has 0 fully saturated rings. The van der Waals surface area contributed by atoms with Gasteiger partial charge >= 0.3 is 6.09 Å². The van der Waals surface area contributed by atoms with Gasteiger partial charge in [-0.25, -0.2) is 4.79 Å². The van der Waals surface area contributed by atoms with Gasteiger partial charge in [-0.1, -0.05) is 109 Å².